The molecule has 0 heterocycles. The molecule has 0 amide bonds. The van der Waals surface area contributed by atoms with Crippen LogP contribution in [0.1, 0.15) is 0 Å². The van der Waals surface area contributed by atoms with Crippen LogP contribution in [-0.4, -0.2) is 0 Å². The SMILES string of the molecule is [Cl][Pt+].[c-]1c2c(P(c3ccccc3)c3ccccc3)cccc2cc2cccc(P(c3ccccc3)c3ccccc3)c12. The van der Waals surface area contributed by atoms with Crippen LogP contribution in [0.5, 0.6) is 0 Å². The van der Waals surface area contributed by atoms with Gasteiger partial charge in [-0.2, -0.15) is 0 Å². The van der Waals surface area contributed by atoms with Gasteiger partial charge in [0.2, 0.25) is 0 Å². The number of benzene rings is 7. The molecular formula is C38H27ClP2Pt. The van der Waals surface area contributed by atoms with Crippen LogP contribution < -0.4 is 31.8 Å². The van der Waals surface area contributed by atoms with Crippen LogP contribution in [0.2, 0.25) is 0 Å². The Morgan fingerprint density at radius 2 is 0.690 bits per heavy atom. The predicted molar refractivity (Wildman–Crippen MR) is 184 cm³/mol. The predicted octanol–water partition coefficient (Wildman–Crippen LogP) is 8.00. The minimum Gasteiger partial charge on any atom is -0.115 e. The van der Waals surface area contributed by atoms with Crippen molar-refractivity contribution in [2.75, 3.05) is 0 Å². The van der Waals surface area contributed by atoms with Crippen LogP contribution in [0.3, 0.4) is 0 Å². The normalized spacial score (nSPS) is 11.1. The molecule has 0 unspecified atom stereocenters. The van der Waals surface area contributed by atoms with Crippen LogP contribution >= 0.6 is 25.3 Å². The molecule has 0 atom stereocenters. The maximum absolute atomic E-state index is 4.61. The van der Waals surface area contributed by atoms with E-state index in [1.807, 2.05) is 0 Å². The minimum atomic E-state index is -0.740. The largest absolute Gasteiger partial charge is 0.115 e. The first-order valence-electron chi connectivity index (χ1n) is 13.7. The van der Waals surface area contributed by atoms with Crippen molar-refractivity contribution < 1.29 is 18.8 Å². The van der Waals surface area contributed by atoms with Crippen molar-refractivity contribution in [3.05, 3.63) is 170 Å². The molecule has 4 heteroatoms. The van der Waals surface area contributed by atoms with Crippen LogP contribution in [0.15, 0.2) is 164 Å². The van der Waals surface area contributed by atoms with Crippen molar-refractivity contribution in [2.45, 2.75) is 0 Å². The van der Waals surface area contributed by atoms with E-state index in [1.165, 1.54) is 53.4 Å². The number of hydrogen-bond donors (Lipinski definition) is 0. The van der Waals surface area contributed by atoms with Crippen molar-refractivity contribution in [3.63, 3.8) is 0 Å². The van der Waals surface area contributed by atoms with E-state index in [0.717, 1.165) is 0 Å². The van der Waals surface area contributed by atoms with E-state index in [4.69, 9.17) is 0 Å². The van der Waals surface area contributed by atoms with Gasteiger partial charge in [0.1, 0.15) is 0 Å². The Kier molecular flexibility index (Phi) is 9.60. The molecule has 7 aromatic carbocycles. The van der Waals surface area contributed by atoms with Gasteiger partial charge in [-0.15, -0.1) is 22.9 Å². The summed E-state index contributed by atoms with van der Waals surface area (Å²) in [6.45, 7) is 0. The third-order valence-corrected chi connectivity index (χ3v) is 12.2. The summed E-state index contributed by atoms with van der Waals surface area (Å²) < 4.78 is 0. The molecule has 206 valence electrons. The molecule has 42 heavy (non-hydrogen) atoms. The first-order valence-corrected chi connectivity index (χ1v) is 19.2. The van der Waals surface area contributed by atoms with Gasteiger partial charge >= 0.3 is 28.2 Å². The molecule has 0 saturated heterocycles. The average molecular weight is 776 g/mol. The van der Waals surface area contributed by atoms with Crippen molar-refractivity contribution in [1.82, 2.24) is 0 Å². The van der Waals surface area contributed by atoms with Gasteiger partial charge in [-0.25, -0.2) is 0 Å². The van der Waals surface area contributed by atoms with Crippen LogP contribution in [0.25, 0.3) is 21.5 Å². The Balaban J connectivity index is 0.00000155. The van der Waals surface area contributed by atoms with E-state index in [2.05, 4.69) is 179 Å². The van der Waals surface area contributed by atoms with Gasteiger partial charge in [-0.1, -0.05) is 179 Å². The van der Waals surface area contributed by atoms with Gasteiger partial charge < -0.3 is 0 Å². The van der Waals surface area contributed by atoms with Gasteiger partial charge in [0, 0.05) is 0 Å². The monoisotopic (exact) mass is 775 g/mol. The number of rotatable bonds is 6. The van der Waals surface area contributed by atoms with E-state index >= 15 is 0 Å². The fourth-order valence-electron chi connectivity index (χ4n) is 5.46. The van der Waals surface area contributed by atoms with Gasteiger partial charge in [0.15, 0.2) is 0 Å². The van der Waals surface area contributed by atoms with E-state index in [1.54, 1.807) is 18.8 Å². The summed E-state index contributed by atoms with van der Waals surface area (Å²) in [5, 5.41) is 13.0. The molecule has 0 bridgehead atoms. The maximum Gasteiger partial charge on any atom is -0.0222 e. The van der Waals surface area contributed by atoms with Gasteiger partial charge in [-0.3, -0.25) is 0 Å². The number of halogens is 1. The molecule has 0 fully saturated rings. The second-order valence-electron chi connectivity index (χ2n) is 9.77. The van der Waals surface area contributed by atoms with Gasteiger partial charge in [-0.05, 0) is 37.1 Å². The number of fused-ring (bicyclic) bond motifs is 2. The third kappa shape index (κ3) is 6.02. The molecule has 0 N–H and O–H groups in total. The zero-order valence-corrected chi connectivity index (χ0v) is 27.5. The molecule has 0 radical (unpaired) electrons. The molecular weight excluding hydrogens is 749 g/mol. The van der Waals surface area contributed by atoms with Gasteiger partial charge in [0.05, 0.1) is 0 Å². The molecule has 7 rings (SSSR count). The average Bonchev–Trinajstić information content (AvgIpc) is 3.07. The van der Waals surface area contributed by atoms with E-state index < -0.39 is 15.8 Å². The zero-order valence-electron chi connectivity index (χ0n) is 22.7. The summed E-state index contributed by atoms with van der Waals surface area (Å²) in [4.78, 5) is 0. The summed E-state index contributed by atoms with van der Waals surface area (Å²) in [7, 11) is 3.13. The molecule has 0 aliphatic rings. The first kappa shape index (κ1) is 29.0. The fourth-order valence-corrected chi connectivity index (χ4v) is 10.3. The Morgan fingerprint density at radius 3 is 1.00 bits per heavy atom. The van der Waals surface area contributed by atoms with Gasteiger partial charge in [0.25, 0.3) is 0 Å². The van der Waals surface area contributed by atoms with E-state index in [0.29, 0.717) is 0 Å². The quantitative estimate of drug-likeness (QED) is 0.0914. The Hall–Kier alpha value is -3.10. The molecule has 0 aromatic heterocycles. The molecule has 0 nitrogen and oxygen atoms in total. The summed E-state index contributed by atoms with van der Waals surface area (Å²) in [5.74, 6) is 0. The third-order valence-electron chi connectivity index (χ3n) is 7.25. The smallest absolute Gasteiger partial charge is 0.0222 e. The van der Waals surface area contributed by atoms with Crippen LogP contribution in [-0.2, 0) is 18.8 Å². The zero-order chi connectivity index (χ0) is 28.7. The second kappa shape index (κ2) is 13.9. The fraction of sp³-hybridized carbons (Fsp3) is 0. The summed E-state index contributed by atoms with van der Waals surface area (Å²) >= 11 is 1.61. The Labute approximate surface area is 265 Å². The summed E-state index contributed by atoms with van der Waals surface area (Å²) in [5.41, 5.74) is 0. The molecule has 0 aliphatic carbocycles. The molecule has 7 aromatic rings. The Bertz CT molecular complexity index is 1680. The molecule has 0 spiro atoms. The molecule has 0 aliphatic heterocycles. The molecule has 0 saturated carbocycles. The van der Waals surface area contributed by atoms with Crippen molar-refractivity contribution >= 4 is 78.6 Å². The van der Waals surface area contributed by atoms with Crippen molar-refractivity contribution in [1.29, 1.82) is 0 Å². The van der Waals surface area contributed by atoms with Crippen LogP contribution in [0, 0.1) is 6.07 Å². The summed E-state index contributed by atoms with van der Waals surface area (Å²) in [6, 6.07) is 63.7. The standard InChI is InChI=1S/C38H27P2.ClH.Pt/c1-5-17-31(18-6-1)39(32-19-7-2-8-20-32)37-25-13-15-29-27-30-16-14-26-38(36(30)28-35(29)37)40(33-21-9-3-10-22-33)34-23-11-4-12-24-34;;/h1-27H;1H;/q-1;;+2/p-1. The first-order chi connectivity index (χ1) is 20.9. The van der Waals surface area contributed by atoms with Crippen LogP contribution in [0.4, 0.5) is 0 Å². The second-order valence-corrected chi connectivity index (χ2v) is 14.1. The van der Waals surface area contributed by atoms with E-state index in [-0.39, 0.29) is 0 Å². The Morgan fingerprint density at radius 1 is 0.381 bits per heavy atom. The summed E-state index contributed by atoms with van der Waals surface area (Å²) in [6.07, 6.45) is 0. The maximum atomic E-state index is 4.61. The van der Waals surface area contributed by atoms with E-state index in [9.17, 15) is 0 Å². The topological polar surface area (TPSA) is 0 Å². The minimum absolute atomic E-state index is 0.740. The van der Waals surface area contributed by atoms with Crippen molar-refractivity contribution in [3.8, 4) is 0 Å². The van der Waals surface area contributed by atoms with Crippen molar-refractivity contribution in [2.24, 2.45) is 0 Å². The number of hydrogen-bond acceptors (Lipinski definition) is 0.